The lowest BCUT2D eigenvalue weighted by molar-refractivity contribution is -0.0933. The van der Waals surface area contributed by atoms with Gasteiger partial charge in [0.15, 0.2) is 0 Å². The van der Waals surface area contributed by atoms with Gasteiger partial charge in [-0.05, 0) is 36.4 Å². The van der Waals surface area contributed by atoms with E-state index in [2.05, 4.69) is 4.98 Å². The Kier molecular flexibility index (Phi) is 4.87. The smallest absolute Gasteiger partial charge is 0.255 e. The summed E-state index contributed by atoms with van der Waals surface area (Å²) in [5, 5.41) is 0. The van der Waals surface area contributed by atoms with E-state index in [1.165, 1.54) is 12.1 Å². The molecule has 1 aliphatic rings. The van der Waals surface area contributed by atoms with Crippen molar-refractivity contribution in [3.05, 3.63) is 60.2 Å². The van der Waals surface area contributed by atoms with Crippen LogP contribution in [0, 0.1) is 5.82 Å². The van der Waals surface area contributed by atoms with Gasteiger partial charge in [0.1, 0.15) is 11.5 Å². The molecule has 3 aromatic rings. The van der Waals surface area contributed by atoms with Crippen molar-refractivity contribution in [3.63, 3.8) is 0 Å². The molecule has 1 saturated heterocycles. The molecule has 1 fully saturated rings. The van der Waals surface area contributed by atoms with Crippen LogP contribution in [0.5, 0.6) is 0 Å². The molecule has 4 rings (SSSR count). The van der Waals surface area contributed by atoms with Gasteiger partial charge in [-0.3, -0.25) is 4.79 Å². The Morgan fingerprint density at radius 2 is 2.04 bits per heavy atom. The maximum Gasteiger partial charge on any atom is 0.255 e. The average Bonchev–Trinajstić information content (AvgIpc) is 3.12. The number of aromatic nitrogens is 2. The van der Waals surface area contributed by atoms with E-state index < -0.39 is 0 Å². The minimum Gasteiger partial charge on any atom is -0.376 e. The second-order valence-corrected chi connectivity index (χ2v) is 6.57. The summed E-state index contributed by atoms with van der Waals surface area (Å²) in [5.41, 5.74) is 2.82. The summed E-state index contributed by atoms with van der Waals surface area (Å²) in [6.07, 6.45) is 3.49. The number of nitrogens with zero attached hydrogens (tertiary/aromatic N) is 3. The van der Waals surface area contributed by atoms with Crippen molar-refractivity contribution in [1.82, 2.24) is 14.3 Å². The van der Waals surface area contributed by atoms with E-state index in [0.717, 1.165) is 16.9 Å². The van der Waals surface area contributed by atoms with E-state index in [0.29, 0.717) is 31.9 Å². The molecule has 6 nitrogen and oxygen atoms in total. The number of rotatable bonds is 4. The topological polar surface area (TPSA) is 56.1 Å². The summed E-state index contributed by atoms with van der Waals surface area (Å²) in [4.78, 5) is 18.9. The second kappa shape index (κ2) is 7.46. The van der Waals surface area contributed by atoms with Crippen LogP contribution in [0.3, 0.4) is 0 Å². The highest BCUT2D eigenvalue weighted by Crippen LogP contribution is 2.20. The van der Waals surface area contributed by atoms with E-state index in [1.54, 1.807) is 46.8 Å². The molecule has 1 amide bonds. The number of hydrogen-bond donors (Lipinski definition) is 0. The Morgan fingerprint density at radius 3 is 2.78 bits per heavy atom. The molecule has 1 aliphatic heterocycles. The summed E-state index contributed by atoms with van der Waals surface area (Å²) < 4.78 is 25.9. The number of benzene rings is 1. The van der Waals surface area contributed by atoms with E-state index in [1.807, 2.05) is 6.20 Å². The maximum atomic E-state index is 13.1. The van der Waals surface area contributed by atoms with Crippen molar-refractivity contribution < 1.29 is 18.7 Å². The zero-order valence-corrected chi connectivity index (χ0v) is 15.0. The molecular formula is C20H20FN3O3. The molecule has 0 N–H and O–H groups in total. The Labute approximate surface area is 156 Å². The maximum absolute atomic E-state index is 13.1. The summed E-state index contributed by atoms with van der Waals surface area (Å²) in [5.74, 6) is -0.381. The molecule has 0 unspecified atom stereocenters. The molecule has 27 heavy (non-hydrogen) atoms. The van der Waals surface area contributed by atoms with Gasteiger partial charge in [0, 0.05) is 31.5 Å². The summed E-state index contributed by atoms with van der Waals surface area (Å²) in [6, 6.07) is 9.73. The van der Waals surface area contributed by atoms with E-state index in [4.69, 9.17) is 9.47 Å². The Morgan fingerprint density at radius 1 is 1.22 bits per heavy atom. The lowest BCUT2D eigenvalue weighted by Gasteiger charge is -2.27. The lowest BCUT2D eigenvalue weighted by atomic mass is 10.2. The van der Waals surface area contributed by atoms with Crippen molar-refractivity contribution in [3.8, 4) is 11.3 Å². The summed E-state index contributed by atoms with van der Waals surface area (Å²) >= 11 is 0. The number of carbonyl (C=O) groups excluding carboxylic acids is 1. The van der Waals surface area contributed by atoms with Gasteiger partial charge in [-0.2, -0.15) is 0 Å². The van der Waals surface area contributed by atoms with Crippen LogP contribution >= 0.6 is 0 Å². The molecule has 0 aliphatic carbocycles. The van der Waals surface area contributed by atoms with Gasteiger partial charge in [0.2, 0.25) is 0 Å². The van der Waals surface area contributed by atoms with Crippen molar-refractivity contribution in [2.24, 2.45) is 0 Å². The standard InChI is InChI=1S/C20H20FN3O3/c1-23(11-17-13-26-8-9-27-17)20(25)15-4-7-19-22-18(12-24(19)10-15)14-2-5-16(21)6-3-14/h2-7,10,12,17H,8-9,11,13H2,1H3/t17-/m1/s1. The van der Waals surface area contributed by atoms with Crippen molar-refractivity contribution >= 4 is 11.6 Å². The van der Waals surface area contributed by atoms with Crippen LogP contribution in [0.25, 0.3) is 16.9 Å². The van der Waals surface area contributed by atoms with Crippen LogP contribution in [0.2, 0.25) is 0 Å². The number of hydrogen-bond acceptors (Lipinski definition) is 4. The third kappa shape index (κ3) is 3.84. The number of pyridine rings is 1. The van der Waals surface area contributed by atoms with Gasteiger partial charge >= 0.3 is 0 Å². The van der Waals surface area contributed by atoms with Gasteiger partial charge in [-0.1, -0.05) is 0 Å². The first-order chi connectivity index (χ1) is 13.1. The molecule has 1 aromatic carbocycles. The fraction of sp³-hybridized carbons (Fsp3) is 0.300. The van der Waals surface area contributed by atoms with Gasteiger partial charge in [0.25, 0.3) is 5.91 Å². The van der Waals surface area contributed by atoms with Crippen molar-refractivity contribution in [1.29, 1.82) is 0 Å². The highest BCUT2D eigenvalue weighted by molar-refractivity contribution is 5.94. The fourth-order valence-corrected chi connectivity index (χ4v) is 3.13. The lowest BCUT2D eigenvalue weighted by Crippen LogP contribution is -2.40. The molecule has 3 heterocycles. The average molecular weight is 369 g/mol. The zero-order valence-electron chi connectivity index (χ0n) is 15.0. The third-order valence-electron chi connectivity index (χ3n) is 4.55. The molecule has 1 atom stereocenters. The predicted molar refractivity (Wildman–Crippen MR) is 98.1 cm³/mol. The minimum atomic E-state index is -0.286. The Hall–Kier alpha value is -2.77. The first-order valence-corrected chi connectivity index (χ1v) is 8.79. The summed E-state index contributed by atoms with van der Waals surface area (Å²) in [6.45, 7) is 2.13. The second-order valence-electron chi connectivity index (χ2n) is 6.57. The number of halogens is 1. The van der Waals surface area contributed by atoms with E-state index in [-0.39, 0.29) is 17.8 Å². The normalized spacial score (nSPS) is 17.2. The van der Waals surface area contributed by atoms with E-state index >= 15 is 0 Å². The van der Waals surface area contributed by atoms with Crippen LogP contribution in [-0.2, 0) is 9.47 Å². The third-order valence-corrected chi connectivity index (χ3v) is 4.55. The zero-order chi connectivity index (χ0) is 18.8. The monoisotopic (exact) mass is 369 g/mol. The number of fused-ring (bicyclic) bond motifs is 1. The highest BCUT2D eigenvalue weighted by atomic mass is 19.1. The van der Waals surface area contributed by atoms with Crippen LogP contribution in [0.15, 0.2) is 48.8 Å². The number of imidazole rings is 1. The van der Waals surface area contributed by atoms with E-state index in [9.17, 15) is 9.18 Å². The van der Waals surface area contributed by atoms with Gasteiger partial charge in [0.05, 0.1) is 37.2 Å². The molecule has 0 bridgehead atoms. The highest BCUT2D eigenvalue weighted by Gasteiger charge is 2.20. The molecule has 0 radical (unpaired) electrons. The predicted octanol–water partition coefficient (Wildman–Crippen LogP) is 2.63. The van der Waals surface area contributed by atoms with Crippen LogP contribution < -0.4 is 0 Å². The van der Waals surface area contributed by atoms with Gasteiger partial charge in [-0.15, -0.1) is 0 Å². The first-order valence-electron chi connectivity index (χ1n) is 8.79. The molecule has 0 spiro atoms. The Bertz CT molecular complexity index is 949. The molecule has 2 aromatic heterocycles. The van der Waals surface area contributed by atoms with Crippen LogP contribution in [0.1, 0.15) is 10.4 Å². The minimum absolute atomic E-state index is 0.0943. The number of carbonyl (C=O) groups is 1. The molecule has 7 heteroatoms. The SMILES string of the molecule is CN(C[C@@H]1COCCO1)C(=O)c1ccc2nc(-c3ccc(F)cc3)cn2c1. The Balaban J connectivity index is 1.53. The quantitative estimate of drug-likeness (QED) is 0.709. The van der Waals surface area contributed by atoms with Crippen LogP contribution in [-0.4, -0.2) is 59.7 Å². The number of likely N-dealkylation sites (N-methyl/N-ethyl adjacent to an activating group) is 1. The number of ether oxygens (including phenoxy) is 2. The van der Waals surface area contributed by atoms with Gasteiger partial charge in [-0.25, -0.2) is 9.37 Å². The largest absolute Gasteiger partial charge is 0.376 e. The van der Waals surface area contributed by atoms with Crippen molar-refractivity contribution in [2.75, 3.05) is 33.4 Å². The fourth-order valence-electron chi connectivity index (χ4n) is 3.13. The first kappa shape index (κ1) is 17.6. The molecule has 140 valence electrons. The van der Waals surface area contributed by atoms with Crippen molar-refractivity contribution in [2.45, 2.75) is 6.10 Å². The van der Waals surface area contributed by atoms with Gasteiger partial charge < -0.3 is 18.8 Å². The number of amides is 1. The van der Waals surface area contributed by atoms with Crippen LogP contribution in [0.4, 0.5) is 4.39 Å². The summed E-state index contributed by atoms with van der Waals surface area (Å²) in [7, 11) is 1.75. The molecule has 0 saturated carbocycles. The molecular weight excluding hydrogens is 349 g/mol.